The number of thiazole rings is 1. The largest absolute Gasteiger partial charge is 0.381 e. The van der Waals surface area contributed by atoms with Gasteiger partial charge in [0.15, 0.2) is 0 Å². The molecule has 3 rings (SSSR count). The fraction of sp³-hybridized carbons (Fsp3) is 0.750. The lowest BCUT2D eigenvalue weighted by atomic mass is 9.99. The molecule has 2 aliphatic rings. The number of piperidine rings is 1. The second-order valence-electron chi connectivity index (χ2n) is 4.69. The Labute approximate surface area is 100 Å². The highest BCUT2D eigenvalue weighted by Crippen LogP contribution is 2.34. The van der Waals surface area contributed by atoms with Crippen molar-refractivity contribution in [3.63, 3.8) is 0 Å². The van der Waals surface area contributed by atoms with Gasteiger partial charge in [0.1, 0.15) is 0 Å². The molecule has 88 valence electrons. The molecule has 0 aromatic carbocycles. The minimum absolute atomic E-state index is 0.618. The highest BCUT2D eigenvalue weighted by molar-refractivity contribution is 7.11. The van der Waals surface area contributed by atoms with Crippen molar-refractivity contribution in [2.45, 2.75) is 31.1 Å². The van der Waals surface area contributed by atoms with Crippen molar-refractivity contribution in [2.75, 3.05) is 26.3 Å². The molecule has 0 radical (unpaired) electrons. The van der Waals surface area contributed by atoms with E-state index in [4.69, 9.17) is 4.74 Å². The second-order valence-corrected chi connectivity index (χ2v) is 5.78. The van der Waals surface area contributed by atoms with Crippen molar-refractivity contribution in [1.82, 2.24) is 10.3 Å². The summed E-state index contributed by atoms with van der Waals surface area (Å²) < 4.78 is 5.44. The first-order chi connectivity index (χ1) is 7.93. The van der Waals surface area contributed by atoms with Crippen LogP contribution >= 0.6 is 11.3 Å². The van der Waals surface area contributed by atoms with Gasteiger partial charge in [-0.3, -0.25) is 0 Å². The molecule has 0 saturated carbocycles. The first kappa shape index (κ1) is 10.7. The van der Waals surface area contributed by atoms with Crippen molar-refractivity contribution in [2.24, 2.45) is 0 Å². The summed E-state index contributed by atoms with van der Waals surface area (Å²) in [5.41, 5.74) is 0. The standard InChI is InChI=1S/C12H18N2OS/c1-4-13-5-2-9(1)12-14-7-11(16-12)10-3-6-15-8-10/h7,9-10,13H,1-6,8H2. The van der Waals surface area contributed by atoms with Crippen LogP contribution in [0, 0.1) is 0 Å². The molecule has 3 nitrogen and oxygen atoms in total. The lowest BCUT2D eigenvalue weighted by Gasteiger charge is -2.20. The maximum absolute atomic E-state index is 5.44. The first-order valence-electron chi connectivity index (χ1n) is 6.17. The summed E-state index contributed by atoms with van der Waals surface area (Å²) in [7, 11) is 0. The van der Waals surface area contributed by atoms with Crippen LogP contribution in [0.15, 0.2) is 6.20 Å². The predicted octanol–water partition coefficient (Wildman–Crippen LogP) is 2.11. The van der Waals surface area contributed by atoms with Crippen molar-refractivity contribution in [3.05, 3.63) is 16.1 Å². The summed E-state index contributed by atoms with van der Waals surface area (Å²) in [6.07, 6.45) is 5.75. The summed E-state index contributed by atoms with van der Waals surface area (Å²) >= 11 is 1.92. The molecule has 16 heavy (non-hydrogen) atoms. The molecule has 1 unspecified atom stereocenters. The van der Waals surface area contributed by atoms with Crippen LogP contribution < -0.4 is 5.32 Å². The molecule has 0 aliphatic carbocycles. The Bertz CT molecular complexity index is 341. The second kappa shape index (κ2) is 4.82. The molecule has 1 N–H and O–H groups in total. The van der Waals surface area contributed by atoms with Crippen LogP contribution in [0.5, 0.6) is 0 Å². The Balaban J connectivity index is 1.71. The molecule has 0 amide bonds. The zero-order chi connectivity index (χ0) is 10.8. The van der Waals surface area contributed by atoms with Crippen LogP contribution in [0.3, 0.4) is 0 Å². The van der Waals surface area contributed by atoms with E-state index in [1.165, 1.54) is 29.1 Å². The van der Waals surface area contributed by atoms with Gasteiger partial charge < -0.3 is 10.1 Å². The number of rotatable bonds is 2. The predicted molar refractivity (Wildman–Crippen MR) is 65.1 cm³/mol. The Morgan fingerprint density at radius 2 is 2.12 bits per heavy atom. The molecule has 1 aromatic rings. The Morgan fingerprint density at radius 3 is 2.88 bits per heavy atom. The zero-order valence-electron chi connectivity index (χ0n) is 9.45. The van der Waals surface area contributed by atoms with Gasteiger partial charge in [0.25, 0.3) is 0 Å². The number of hydrogen-bond acceptors (Lipinski definition) is 4. The smallest absolute Gasteiger partial charge is 0.0959 e. The van der Waals surface area contributed by atoms with E-state index in [2.05, 4.69) is 16.5 Å². The van der Waals surface area contributed by atoms with Crippen LogP contribution in [0.2, 0.25) is 0 Å². The summed E-state index contributed by atoms with van der Waals surface area (Å²) in [6.45, 7) is 4.11. The molecule has 0 spiro atoms. The summed E-state index contributed by atoms with van der Waals surface area (Å²) in [6, 6.07) is 0. The third kappa shape index (κ3) is 2.14. The average molecular weight is 238 g/mol. The monoisotopic (exact) mass is 238 g/mol. The van der Waals surface area contributed by atoms with Crippen LogP contribution in [0.1, 0.15) is 41.0 Å². The van der Waals surface area contributed by atoms with Crippen LogP contribution in [-0.4, -0.2) is 31.3 Å². The van der Waals surface area contributed by atoms with E-state index in [0.29, 0.717) is 11.8 Å². The zero-order valence-corrected chi connectivity index (χ0v) is 10.3. The van der Waals surface area contributed by atoms with E-state index < -0.39 is 0 Å². The van der Waals surface area contributed by atoms with E-state index in [1.54, 1.807) is 0 Å². The SMILES string of the molecule is c1nc(C2CCNCC2)sc1C1CCOC1. The molecular weight excluding hydrogens is 220 g/mol. The molecule has 2 saturated heterocycles. The molecule has 2 fully saturated rings. The maximum Gasteiger partial charge on any atom is 0.0959 e. The number of ether oxygens (including phenoxy) is 1. The van der Waals surface area contributed by atoms with Crippen LogP contribution in [0.25, 0.3) is 0 Å². The van der Waals surface area contributed by atoms with E-state index in [0.717, 1.165) is 26.3 Å². The molecule has 2 aliphatic heterocycles. The van der Waals surface area contributed by atoms with Gasteiger partial charge in [0.05, 0.1) is 11.6 Å². The lowest BCUT2D eigenvalue weighted by Crippen LogP contribution is -2.26. The normalized spacial score (nSPS) is 27.4. The van der Waals surface area contributed by atoms with Crippen molar-refractivity contribution >= 4 is 11.3 Å². The Hall–Kier alpha value is -0.450. The molecule has 1 atom stereocenters. The van der Waals surface area contributed by atoms with E-state index in [9.17, 15) is 0 Å². The summed E-state index contributed by atoms with van der Waals surface area (Å²) in [4.78, 5) is 6.06. The molecular formula is C12H18N2OS. The third-order valence-electron chi connectivity index (χ3n) is 3.56. The van der Waals surface area contributed by atoms with Crippen LogP contribution in [0.4, 0.5) is 0 Å². The van der Waals surface area contributed by atoms with Crippen LogP contribution in [-0.2, 0) is 4.74 Å². The van der Waals surface area contributed by atoms with Crippen molar-refractivity contribution in [3.8, 4) is 0 Å². The van der Waals surface area contributed by atoms with Gasteiger partial charge in [-0.25, -0.2) is 4.98 Å². The minimum Gasteiger partial charge on any atom is -0.381 e. The van der Waals surface area contributed by atoms with Gasteiger partial charge in [-0.05, 0) is 32.4 Å². The van der Waals surface area contributed by atoms with E-state index in [-0.39, 0.29) is 0 Å². The number of hydrogen-bond donors (Lipinski definition) is 1. The highest BCUT2D eigenvalue weighted by atomic mass is 32.1. The fourth-order valence-corrected chi connectivity index (χ4v) is 3.71. The average Bonchev–Trinajstić information content (AvgIpc) is 3.01. The molecule has 3 heterocycles. The third-order valence-corrected chi connectivity index (χ3v) is 4.88. The highest BCUT2D eigenvalue weighted by Gasteiger charge is 2.23. The minimum atomic E-state index is 0.618. The first-order valence-corrected chi connectivity index (χ1v) is 6.99. The van der Waals surface area contributed by atoms with Gasteiger partial charge in [-0.15, -0.1) is 11.3 Å². The summed E-state index contributed by atoms with van der Waals surface area (Å²) in [5.74, 6) is 1.32. The number of aromatic nitrogens is 1. The maximum atomic E-state index is 5.44. The fourth-order valence-electron chi connectivity index (χ4n) is 2.51. The molecule has 0 bridgehead atoms. The number of nitrogens with one attached hydrogen (secondary N) is 1. The van der Waals surface area contributed by atoms with Gasteiger partial charge >= 0.3 is 0 Å². The number of nitrogens with zero attached hydrogens (tertiary/aromatic N) is 1. The quantitative estimate of drug-likeness (QED) is 0.857. The van der Waals surface area contributed by atoms with E-state index >= 15 is 0 Å². The van der Waals surface area contributed by atoms with Gasteiger partial charge in [-0.1, -0.05) is 0 Å². The Kier molecular flexibility index (Phi) is 3.22. The van der Waals surface area contributed by atoms with Crippen molar-refractivity contribution in [1.29, 1.82) is 0 Å². The van der Waals surface area contributed by atoms with Gasteiger partial charge in [-0.2, -0.15) is 0 Å². The Morgan fingerprint density at radius 1 is 1.25 bits per heavy atom. The summed E-state index contributed by atoms with van der Waals surface area (Å²) in [5, 5.41) is 4.75. The molecule has 4 heteroatoms. The van der Waals surface area contributed by atoms with Gasteiger partial charge in [0, 0.05) is 29.5 Å². The van der Waals surface area contributed by atoms with E-state index in [1.807, 2.05) is 11.3 Å². The van der Waals surface area contributed by atoms with Crippen molar-refractivity contribution < 1.29 is 4.74 Å². The van der Waals surface area contributed by atoms with Gasteiger partial charge in [0.2, 0.25) is 0 Å². The topological polar surface area (TPSA) is 34.2 Å². The molecule has 1 aromatic heterocycles. The lowest BCUT2D eigenvalue weighted by molar-refractivity contribution is 0.194.